The number of anilines is 1. The summed E-state index contributed by atoms with van der Waals surface area (Å²) in [4.78, 5) is 4.47. The second kappa shape index (κ2) is 6.97. The van der Waals surface area contributed by atoms with Crippen LogP contribution in [0.15, 0.2) is 18.2 Å². The van der Waals surface area contributed by atoms with E-state index in [2.05, 4.69) is 4.98 Å². The van der Waals surface area contributed by atoms with E-state index in [9.17, 15) is 5.11 Å². The molecule has 6 heteroatoms. The molecule has 0 aliphatic carbocycles. The first-order valence-corrected chi connectivity index (χ1v) is 7.91. The Bertz CT molecular complexity index is 569. The molecule has 0 aliphatic rings. The number of fused-ring (bicyclic) bond motifs is 1. The maximum absolute atomic E-state index is 9.86. The van der Waals surface area contributed by atoms with Gasteiger partial charge >= 0.3 is 0 Å². The van der Waals surface area contributed by atoms with Crippen molar-refractivity contribution in [1.82, 2.24) is 9.55 Å². The Kier molecular flexibility index (Phi) is 5.28. The monoisotopic (exact) mass is 295 g/mol. The topological polar surface area (TPSA) is 84.3 Å². The van der Waals surface area contributed by atoms with Gasteiger partial charge in [-0.1, -0.05) is 0 Å². The fourth-order valence-corrected chi connectivity index (χ4v) is 2.99. The molecule has 4 N–H and O–H groups in total. The molecular weight excluding hydrogens is 274 g/mol. The maximum atomic E-state index is 9.86. The number of benzene rings is 1. The van der Waals surface area contributed by atoms with E-state index in [0.717, 1.165) is 35.5 Å². The van der Waals surface area contributed by atoms with Gasteiger partial charge in [-0.3, -0.25) is 0 Å². The molecule has 2 rings (SSSR count). The molecule has 110 valence electrons. The number of nitrogens with zero attached hydrogens (tertiary/aromatic N) is 2. The van der Waals surface area contributed by atoms with Gasteiger partial charge in [0.1, 0.15) is 11.9 Å². The van der Waals surface area contributed by atoms with Gasteiger partial charge in [0.05, 0.1) is 11.0 Å². The van der Waals surface area contributed by atoms with Gasteiger partial charge in [-0.2, -0.15) is 11.8 Å². The summed E-state index contributed by atoms with van der Waals surface area (Å²) in [5.74, 6) is 2.55. The zero-order valence-corrected chi connectivity index (χ0v) is 12.4. The first-order valence-electron chi connectivity index (χ1n) is 6.76. The number of rotatable bonds is 7. The highest BCUT2D eigenvalue weighted by atomic mass is 32.2. The number of aromatic nitrogens is 2. The fourth-order valence-electron chi connectivity index (χ4n) is 2.14. The van der Waals surface area contributed by atoms with E-state index in [-0.39, 0.29) is 6.61 Å². The van der Waals surface area contributed by atoms with Crippen LogP contribution in [0.4, 0.5) is 5.69 Å². The molecule has 1 atom stereocenters. The minimum Gasteiger partial charge on any atom is -0.399 e. The quantitative estimate of drug-likeness (QED) is 0.536. The van der Waals surface area contributed by atoms with Crippen LogP contribution in [0.1, 0.15) is 25.3 Å². The lowest BCUT2D eigenvalue weighted by molar-refractivity contribution is 0.185. The lowest BCUT2D eigenvalue weighted by Crippen LogP contribution is -2.08. The first kappa shape index (κ1) is 15.2. The van der Waals surface area contributed by atoms with Crippen molar-refractivity contribution < 1.29 is 10.2 Å². The van der Waals surface area contributed by atoms with Crippen LogP contribution in [0.2, 0.25) is 0 Å². The number of hydrogen-bond donors (Lipinski definition) is 3. The summed E-state index contributed by atoms with van der Waals surface area (Å²) in [5, 5.41) is 18.6. The predicted molar refractivity (Wildman–Crippen MR) is 83.8 cm³/mol. The van der Waals surface area contributed by atoms with Crippen molar-refractivity contribution in [2.45, 2.75) is 26.0 Å². The fraction of sp³-hybridized carbons (Fsp3) is 0.500. The Morgan fingerprint density at radius 2 is 2.20 bits per heavy atom. The van der Waals surface area contributed by atoms with Crippen LogP contribution in [0.25, 0.3) is 11.0 Å². The Hall–Kier alpha value is -1.24. The summed E-state index contributed by atoms with van der Waals surface area (Å²) in [6, 6.07) is 5.63. The third kappa shape index (κ3) is 3.45. The number of nitrogens with two attached hydrogens (primary N) is 1. The van der Waals surface area contributed by atoms with Crippen molar-refractivity contribution in [3.05, 3.63) is 24.0 Å². The highest BCUT2D eigenvalue weighted by molar-refractivity contribution is 7.99. The normalized spacial score (nSPS) is 12.9. The highest BCUT2D eigenvalue weighted by Gasteiger charge is 2.14. The molecule has 0 radical (unpaired) electrons. The molecule has 0 bridgehead atoms. The van der Waals surface area contributed by atoms with Gasteiger partial charge < -0.3 is 20.5 Å². The minimum atomic E-state index is -0.605. The largest absolute Gasteiger partial charge is 0.399 e. The number of imidazole rings is 1. The Labute approximate surface area is 122 Å². The van der Waals surface area contributed by atoms with Crippen LogP contribution in [-0.4, -0.2) is 37.9 Å². The van der Waals surface area contributed by atoms with E-state index < -0.39 is 6.10 Å². The second-order valence-corrected chi connectivity index (χ2v) is 5.96. The number of aliphatic hydroxyl groups is 2. The summed E-state index contributed by atoms with van der Waals surface area (Å²) < 4.78 is 2.05. The molecule has 0 spiro atoms. The van der Waals surface area contributed by atoms with Crippen LogP contribution >= 0.6 is 11.8 Å². The average Bonchev–Trinajstić information content (AvgIpc) is 2.76. The molecule has 1 unspecified atom stereocenters. The van der Waals surface area contributed by atoms with Crippen LogP contribution < -0.4 is 5.73 Å². The van der Waals surface area contributed by atoms with Crippen molar-refractivity contribution in [2.24, 2.45) is 0 Å². The molecule has 0 fully saturated rings. The van der Waals surface area contributed by atoms with E-state index >= 15 is 0 Å². The van der Waals surface area contributed by atoms with Crippen LogP contribution in [0.5, 0.6) is 0 Å². The molecule has 5 nitrogen and oxygen atoms in total. The van der Waals surface area contributed by atoms with Crippen molar-refractivity contribution in [1.29, 1.82) is 0 Å². The molecule has 20 heavy (non-hydrogen) atoms. The van der Waals surface area contributed by atoms with Gasteiger partial charge in [0.2, 0.25) is 0 Å². The summed E-state index contributed by atoms with van der Waals surface area (Å²) in [6.07, 6.45) is 0.209. The molecule has 0 amide bonds. The summed E-state index contributed by atoms with van der Waals surface area (Å²) in [7, 11) is 0. The standard InChI is InChI=1S/C14H21N3O2S/c1-10(19)14-16-12-9-11(15)3-4-13(12)17(14)5-8-20-7-2-6-18/h3-4,9-10,18-19H,2,5-8,15H2,1H3. The predicted octanol–water partition coefficient (Wildman–Crippen LogP) is 1.79. The SMILES string of the molecule is CC(O)c1nc2cc(N)ccc2n1CCSCCCO. The maximum Gasteiger partial charge on any atom is 0.138 e. The van der Waals surface area contributed by atoms with Gasteiger partial charge in [0.15, 0.2) is 0 Å². The molecule has 0 saturated carbocycles. The van der Waals surface area contributed by atoms with E-state index in [1.807, 2.05) is 22.8 Å². The van der Waals surface area contributed by atoms with E-state index in [1.165, 1.54) is 0 Å². The van der Waals surface area contributed by atoms with Crippen molar-refractivity contribution in [3.63, 3.8) is 0 Å². The number of nitrogen functional groups attached to an aromatic ring is 1. The van der Waals surface area contributed by atoms with E-state index in [1.54, 1.807) is 18.7 Å². The number of hydrogen-bond acceptors (Lipinski definition) is 5. The molecule has 1 aromatic heterocycles. The first-order chi connectivity index (χ1) is 9.63. The van der Waals surface area contributed by atoms with Crippen molar-refractivity contribution in [2.75, 3.05) is 23.8 Å². The number of aliphatic hydroxyl groups excluding tert-OH is 2. The third-order valence-electron chi connectivity index (χ3n) is 3.08. The molecular formula is C14H21N3O2S. The summed E-state index contributed by atoms with van der Waals surface area (Å²) in [5.41, 5.74) is 8.27. The second-order valence-electron chi connectivity index (χ2n) is 4.74. The Balaban J connectivity index is 2.18. The zero-order chi connectivity index (χ0) is 14.5. The Morgan fingerprint density at radius 1 is 1.40 bits per heavy atom. The number of aryl methyl sites for hydroxylation is 1. The minimum absolute atomic E-state index is 0.235. The van der Waals surface area contributed by atoms with Gasteiger partial charge in [-0.05, 0) is 37.3 Å². The number of thioether (sulfide) groups is 1. The average molecular weight is 295 g/mol. The van der Waals surface area contributed by atoms with Gasteiger partial charge in [0.25, 0.3) is 0 Å². The molecule has 1 heterocycles. The lowest BCUT2D eigenvalue weighted by atomic mass is 10.3. The zero-order valence-electron chi connectivity index (χ0n) is 11.6. The lowest BCUT2D eigenvalue weighted by Gasteiger charge is -2.10. The van der Waals surface area contributed by atoms with E-state index in [4.69, 9.17) is 10.8 Å². The van der Waals surface area contributed by atoms with Crippen molar-refractivity contribution >= 4 is 28.5 Å². The summed E-state index contributed by atoms with van der Waals surface area (Å²) >= 11 is 1.79. The van der Waals surface area contributed by atoms with E-state index in [0.29, 0.717) is 11.5 Å². The summed E-state index contributed by atoms with van der Waals surface area (Å²) in [6.45, 7) is 2.75. The van der Waals surface area contributed by atoms with Crippen LogP contribution in [-0.2, 0) is 6.54 Å². The molecule has 0 aliphatic heterocycles. The van der Waals surface area contributed by atoms with Crippen LogP contribution in [0.3, 0.4) is 0 Å². The van der Waals surface area contributed by atoms with Crippen LogP contribution in [0, 0.1) is 0 Å². The molecule has 2 aromatic rings. The molecule has 0 saturated heterocycles. The smallest absolute Gasteiger partial charge is 0.138 e. The van der Waals surface area contributed by atoms with Gasteiger partial charge in [-0.25, -0.2) is 4.98 Å². The van der Waals surface area contributed by atoms with Crippen molar-refractivity contribution in [3.8, 4) is 0 Å². The highest BCUT2D eigenvalue weighted by Crippen LogP contribution is 2.23. The van der Waals surface area contributed by atoms with Gasteiger partial charge in [0, 0.05) is 24.6 Å². The molecule has 1 aromatic carbocycles. The third-order valence-corrected chi connectivity index (χ3v) is 4.13. The Morgan fingerprint density at radius 3 is 2.90 bits per heavy atom. The van der Waals surface area contributed by atoms with Gasteiger partial charge in [-0.15, -0.1) is 0 Å².